The first-order valence-electron chi connectivity index (χ1n) is 6.39. The highest BCUT2D eigenvalue weighted by molar-refractivity contribution is 8.00. The van der Waals surface area contributed by atoms with Gasteiger partial charge >= 0.3 is 11.9 Å². The van der Waals surface area contributed by atoms with E-state index in [4.69, 9.17) is 9.84 Å². The minimum Gasteiger partial charge on any atom is -0.480 e. The van der Waals surface area contributed by atoms with Gasteiger partial charge in [-0.3, -0.25) is 9.59 Å². The normalized spacial score (nSPS) is 14.3. The van der Waals surface area contributed by atoms with Crippen LogP contribution in [-0.4, -0.2) is 34.7 Å². The van der Waals surface area contributed by atoms with E-state index in [1.54, 1.807) is 0 Å². The lowest BCUT2D eigenvalue weighted by atomic mass is 9.99. The molecule has 0 saturated heterocycles. The van der Waals surface area contributed by atoms with Gasteiger partial charge in [-0.2, -0.15) is 0 Å². The zero-order valence-corrected chi connectivity index (χ0v) is 12.5. The molecule has 4 nitrogen and oxygen atoms in total. The Labute approximate surface area is 113 Å². The van der Waals surface area contributed by atoms with Gasteiger partial charge in [0.15, 0.2) is 0 Å². The van der Waals surface area contributed by atoms with E-state index in [-0.39, 0.29) is 18.5 Å². The smallest absolute Gasteiger partial charge is 0.316 e. The summed E-state index contributed by atoms with van der Waals surface area (Å²) < 4.78 is 5.13. The monoisotopic (exact) mass is 276 g/mol. The average molecular weight is 276 g/mol. The van der Waals surface area contributed by atoms with Gasteiger partial charge in [0, 0.05) is 5.75 Å². The quantitative estimate of drug-likeness (QED) is 0.518. The van der Waals surface area contributed by atoms with E-state index in [0.29, 0.717) is 18.1 Å². The predicted molar refractivity (Wildman–Crippen MR) is 73.8 cm³/mol. The Morgan fingerprint density at radius 2 is 1.89 bits per heavy atom. The minimum absolute atomic E-state index is 0.0866. The summed E-state index contributed by atoms with van der Waals surface area (Å²) in [6.45, 7) is 8.12. The first kappa shape index (κ1) is 17.3. The number of carboxylic acid groups (broad SMARTS) is 1. The van der Waals surface area contributed by atoms with Crippen molar-refractivity contribution in [3.8, 4) is 0 Å². The molecule has 5 heteroatoms. The summed E-state index contributed by atoms with van der Waals surface area (Å²) in [6, 6.07) is 0. The second-order valence-corrected chi connectivity index (χ2v) is 6.11. The van der Waals surface area contributed by atoms with E-state index in [0.717, 1.165) is 6.42 Å². The lowest BCUT2D eigenvalue weighted by Gasteiger charge is -2.14. The maximum Gasteiger partial charge on any atom is 0.316 e. The van der Waals surface area contributed by atoms with E-state index < -0.39 is 11.2 Å². The SMILES string of the molecule is CCC(SCCOC(=O)C(C)CC(C)C)C(=O)O. The van der Waals surface area contributed by atoms with Gasteiger partial charge in [0.25, 0.3) is 0 Å². The van der Waals surface area contributed by atoms with Gasteiger partial charge in [0.05, 0.1) is 5.92 Å². The van der Waals surface area contributed by atoms with Crippen molar-refractivity contribution in [3.05, 3.63) is 0 Å². The summed E-state index contributed by atoms with van der Waals surface area (Å²) >= 11 is 1.32. The fourth-order valence-electron chi connectivity index (χ4n) is 1.64. The maximum absolute atomic E-state index is 11.6. The number of rotatable bonds is 9. The molecule has 106 valence electrons. The summed E-state index contributed by atoms with van der Waals surface area (Å²) in [5, 5.41) is 8.43. The van der Waals surface area contributed by atoms with Crippen LogP contribution < -0.4 is 0 Å². The topological polar surface area (TPSA) is 63.6 Å². The van der Waals surface area contributed by atoms with Crippen molar-refractivity contribution < 1.29 is 19.4 Å². The molecule has 0 heterocycles. The number of hydrogen-bond acceptors (Lipinski definition) is 4. The number of thioether (sulfide) groups is 1. The Hall–Kier alpha value is -0.710. The number of aliphatic carboxylic acids is 1. The van der Waals surface area contributed by atoms with Crippen molar-refractivity contribution in [3.63, 3.8) is 0 Å². The molecular formula is C13H24O4S. The van der Waals surface area contributed by atoms with Crippen molar-refractivity contribution in [2.24, 2.45) is 11.8 Å². The largest absolute Gasteiger partial charge is 0.480 e. The molecule has 0 aliphatic heterocycles. The lowest BCUT2D eigenvalue weighted by Crippen LogP contribution is -2.20. The van der Waals surface area contributed by atoms with Crippen LogP contribution in [0.15, 0.2) is 0 Å². The predicted octanol–water partition coefficient (Wildman–Crippen LogP) is 2.81. The average Bonchev–Trinajstić information content (AvgIpc) is 2.27. The van der Waals surface area contributed by atoms with Crippen LogP contribution in [0.1, 0.15) is 40.5 Å². The zero-order chi connectivity index (χ0) is 14.1. The van der Waals surface area contributed by atoms with E-state index in [9.17, 15) is 9.59 Å². The number of carbonyl (C=O) groups is 2. The van der Waals surface area contributed by atoms with Gasteiger partial charge in [-0.15, -0.1) is 11.8 Å². The lowest BCUT2D eigenvalue weighted by molar-refractivity contribution is -0.147. The molecule has 0 amide bonds. The van der Waals surface area contributed by atoms with E-state index in [1.165, 1.54) is 11.8 Å². The summed E-state index contributed by atoms with van der Waals surface area (Å²) in [7, 11) is 0. The van der Waals surface area contributed by atoms with Crippen LogP contribution in [-0.2, 0) is 14.3 Å². The Balaban J connectivity index is 3.77. The molecule has 0 aromatic heterocycles. The van der Waals surface area contributed by atoms with Crippen LogP contribution in [0.5, 0.6) is 0 Å². The Morgan fingerprint density at radius 3 is 2.33 bits per heavy atom. The number of ether oxygens (including phenoxy) is 1. The van der Waals surface area contributed by atoms with Crippen LogP contribution in [0.25, 0.3) is 0 Å². The Bertz CT molecular complexity index is 266. The molecule has 0 fully saturated rings. The van der Waals surface area contributed by atoms with Crippen LogP contribution in [0.3, 0.4) is 0 Å². The third-order valence-corrected chi connectivity index (χ3v) is 3.86. The third-order valence-electron chi connectivity index (χ3n) is 2.52. The summed E-state index contributed by atoms with van der Waals surface area (Å²) in [5.41, 5.74) is 0. The molecule has 2 atom stereocenters. The fraction of sp³-hybridized carbons (Fsp3) is 0.846. The number of esters is 1. The van der Waals surface area contributed by atoms with E-state index in [2.05, 4.69) is 13.8 Å². The van der Waals surface area contributed by atoms with Gasteiger partial charge in [-0.1, -0.05) is 27.7 Å². The molecule has 0 saturated carbocycles. The number of hydrogen-bond donors (Lipinski definition) is 1. The molecule has 0 radical (unpaired) electrons. The van der Waals surface area contributed by atoms with Crippen LogP contribution >= 0.6 is 11.8 Å². The number of carbonyl (C=O) groups excluding carboxylic acids is 1. The fourth-order valence-corrected chi connectivity index (χ4v) is 2.48. The van der Waals surface area contributed by atoms with Crippen LogP contribution in [0.4, 0.5) is 0 Å². The van der Waals surface area contributed by atoms with Crippen LogP contribution in [0.2, 0.25) is 0 Å². The molecule has 0 aromatic carbocycles. The van der Waals surface area contributed by atoms with Crippen molar-refractivity contribution in [1.29, 1.82) is 0 Å². The van der Waals surface area contributed by atoms with Crippen molar-refractivity contribution in [1.82, 2.24) is 0 Å². The molecule has 0 bridgehead atoms. The van der Waals surface area contributed by atoms with Gasteiger partial charge in [-0.25, -0.2) is 0 Å². The summed E-state index contributed by atoms with van der Waals surface area (Å²) in [6.07, 6.45) is 1.40. The molecule has 0 aromatic rings. The standard InChI is InChI=1S/C13H24O4S/c1-5-11(12(14)15)18-7-6-17-13(16)10(4)8-9(2)3/h9-11H,5-8H2,1-4H3,(H,14,15). The van der Waals surface area contributed by atoms with Gasteiger partial charge in [0.2, 0.25) is 0 Å². The van der Waals surface area contributed by atoms with E-state index in [1.807, 2.05) is 13.8 Å². The van der Waals surface area contributed by atoms with Crippen molar-refractivity contribution >= 4 is 23.7 Å². The maximum atomic E-state index is 11.6. The Kier molecular flexibility index (Phi) is 8.89. The second kappa shape index (κ2) is 9.25. The molecule has 0 spiro atoms. The van der Waals surface area contributed by atoms with Gasteiger partial charge in [-0.05, 0) is 18.8 Å². The molecular weight excluding hydrogens is 252 g/mol. The van der Waals surface area contributed by atoms with Crippen LogP contribution in [0, 0.1) is 11.8 Å². The number of carboxylic acids is 1. The summed E-state index contributed by atoms with van der Waals surface area (Å²) in [4.78, 5) is 22.3. The Morgan fingerprint density at radius 1 is 1.28 bits per heavy atom. The zero-order valence-electron chi connectivity index (χ0n) is 11.6. The molecule has 2 unspecified atom stereocenters. The summed E-state index contributed by atoms with van der Waals surface area (Å²) in [5.74, 6) is -0.0742. The highest BCUT2D eigenvalue weighted by Crippen LogP contribution is 2.16. The second-order valence-electron chi connectivity index (χ2n) is 4.80. The highest BCUT2D eigenvalue weighted by atomic mass is 32.2. The first-order valence-corrected chi connectivity index (χ1v) is 7.44. The van der Waals surface area contributed by atoms with Crippen molar-refractivity contribution in [2.75, 3.05) is 12.4 Å². The molecule has 18 heavy (non-hydrogen) atoms. The van der Waals surface area contributed by atoms with Crippen molar-refractivity contribution in [2.45, 2.75) is 45.8 Å². The molecule has 0 rings (SSSR count). The minimum atomic E-state index is -0.804. The van der Waals surface area contributed by atoms with Gasteiger partial charge < -0.3 is 9.84 Å². The van der Waals surface area contributed by atoms with Gasteiger partial charge in [0.1, 0.15) is 11.9 Å². The highest BCUT2D eigenvalue weighted by Gasteiger charge is 2.17. The third kappa shape index (κ3) is 7.58. The molecule has 1 N–H and O–H groups in total. The molecule has 0 aliphatic rings. The first-order chi connectivity index (χ1) is 8.38. The molecule has 0 aliphatic carbocycles. The van der Waals surface area contributed by atoms with E-state index >= 15 is 0 Å².